The zero-order chi connectivity index (χ0) is 20.4. The maximum absolute atomic E-state index is 14.5. The second-order valence-electron chi connectivity index (χ2n) is 7.78. The lowest BCUT2D eigenvalue weighted by Gasteiger charge is -2.09. The second kappa shape index (κ2) is 6.23. The molecule has 4 nitrogen and oxygen atoms in total. The van der Waals surface area contributed by atoms with Crippen LogP contribution in [0.3, 0.4) is 0 Å². The van der Waals surface area contributed by atoms with Crippen molar-refractivity contribution in [1.29, 1.82) is 0 Å². The molecule has 0 aliphatic heterocycles. The Morgan fingerprint density at radius 1 is 1.03 bits per heavy atom. The van der Waals surface area contributed by atoms with Crippen LogP contribution in [0.2, 0.25) is 0 Å². The number of pyridine rings is 1. The van der Waals surface area contributed by atoms with Gasteiger partial charge in [0.1, 0.15) is 17.2 Å². The molecule has 0 bridgehead atoms. The minimum absolute atomic E-state index is 0.0986. The molecule has 5 aromatic rings. The van der Waals surface area contributed by atoms with Crippen molar-refractivity contribution < 1.29 is 13.2 Å². The highest BCUT2D eigenvalue weighted by molar-refractivity contribution is 6.18. The van der Waals surface area contributed by atoms with E-state index < -0.39 is 17.3 Å². The van der Waals surface area contributed by atoms with Gasteiger partial charge in [-0.05, 0) is 60.7 Å². The van der Waals surface area contributed by atoms with Crippen LogP contribution in [0.15, 0.2) is 57.9 Å². The molecule has 0 atom stereocenters. The average molecular weight is 402 g/mol. The first kappa shape index (κ1) is 17.3. The zero-order valence-corrected chi connectivity index (χ0v) is 15.9. The Hall–Kier alpha value is -3.54. The van der Waals surface area contributed by atoms with Crippen molar-refractivity contribution in [3.8, 4) is 0 Å². The molecule has 148 valence electrons. The lowest BCUT2D eigenvalue weighted by Crippen LogP contribution is -2.09. The van der Waals surface area contributed by atoms with Gasteiger partial charge in [0.15, 0.2) is 0 Å². The van der Waals surface area contributed by atoms with Crippen molar-refractivity contribution in [3.05, 3.63) is 87.4 Å². The number of hydrogen-bond acceptors (Lipinski definition) is 3. The number of fused-ring (bicyclic) bond motifs is 6. The maximum atomic E-state index is 14.5. The molecule has 0 unspecified atom stereocenters. The van der Waals surface area contributed by atoms with E-state index in [9.17, 15) is 13.6 Å². The number of hydrogen-bond donors (Lipinski definition) is 0. The summed E-state index contributed by atoms with van der Waals surface area (Å²) in [5, 5.41) is 2.44. The molecule has 0 amide bonds. The van der Waals surface area contributed by atoms with E-state index in [1.807, 2.05) is 6.07 Å². The molecule has 6 rings (SSSR count). The van der Waals surface area contributed by atoms with E-state index in [1.165, 1.54) is 23.3 Å². The van der Waals surface area contributed by atoms with Gasteiger partial charge < -0.3 is 8.98 Å². The standard InChI is InChI=1S/C24H16F2N2O2/c25-16-7-6-15(19(26)11-16)12-28-20-10-14-4-1-3-13(14)9-18(20)21-17-5-2-8-27-23(17)30-24(29)22(21)28/h2,5-11H,1,3-4,12H2. The van der Waals surface area contributed by atoms with Gasteiger partial charge in [0.05, 0.1) is 6.54 Å². The third-order valence-corrected chi connectivity index (χ3v) is 6.04. The van der Waals surface area contributed by atoms with E-state index in [0.717, 1.165) is 47.0 Å². The predicted octanol–water partition coefficient (Wildman–Crippen LogP) is 5.11. The van der Waals surface area contributed by atoms with Crippen LogP contribution in [0, 0.1) is 11.6 Å². The summed E-state index contributed by atoms with van der Waals surface area (Å²) in [6.45, 7) is 0.0986. The molecular formula is C24H16F2N2O2. The largest absolute Gasteiger partial charge is 0.402 e. The Kier molecular flexibility index (Phi) is 3.60. The molecule has 0 saturated heterocycles. The summed E-state index contributed by atoms with van der Waals surface area (Å²) in [6.07, 6.45) is 4.66. The predicted molar refractivity (Wildman–Crippen MR) is 111 cm³/mol. The Morgan fingerprint density at radius 3 is 2.70 bits per heavy atom. The molecule has 0 fully saturated rings. The minimum Gasteiger partial charge on any atom is -0.402 e. The number of nitrogens with zero attached hydrogens (tertiary/aromatic N) is 2. The van der Waals surface area contributed by atoms with Crippen LogP contribution in [-0.2, 0) is 19.4 Å². The van der Waals surface area contributed by atoms with Crippen LogP contribution in [-0.4, -0.2) is 9.55 Å². The van der Waals surface area contributed by atoms with Crippen molar-refractivity contribution in [2.75, 3.05) is 0 Å². The first-order valence-electron chi connectivity index (χ1n) is 9.89. The van der Waals surface area contributed by atoms with Crippen LogP contribution in [0.4, 0.5) is 8.78 Å². The van der Waals surface area contributed by atoms with Crippen molar-refractivity contribution in [2.45, 2.75) is 25.8 Å². The van der Waals surface area contributed by atoms with Gasteiger partial charge in [0.25, 0.3) is 0 Å². The van der Waals surface area contributed by atoms with Crippen molar-refractivity contribution in [3.63, 3.8) is 0 Å². The Morgan fingerprint density at radius 2 is 1.87 bits per heavy atom. The van der Waals surface area contributed by atoms with E-state index in [0.29, 0.717) is 11.1 Å². The summed E-state index contributed by atoms with van der Waals surface area (Å²) in [7, 11) is 0. The van der Waals surface area contributed by atoms with Gasteiger partial charge in [-0.15, -0.1) is 0 Å². The molecule has 0 radical (unpaired) electrons. The van der Waals surface area contributed by atoms with Crippen LogP contribution < -0.4 is 5.63 Å². The Bertz CT molecular complexity index is 1550. The van der Waals surface area contributed by atoms with Crippen molar-refractivity contribution >= 4 is 32.9 Å². The first-order valence-corrected chi connectivity index (χ1v) is 9.89. The average Bonchev–Trinajstić information content (AvgIpc) is 3.31. The molecule has 6 heteroatoms. The summed E-state index contributed by atoms with van der Waals surface area (Å²) in [6, 6.07) is 11.4. The van der Waals surface area contributed by atoms with E-state index >= 15 is 0 Å². The third kappa shape index (κ3) is 2.43. The number of aromatic nitrogens is 2. The Balaban J connectivity index is 1.76. The maximum Gasteiger partial charge on any atom is 0.362 e. The molecule has 2 aromatic carbocycles. The minimum atomic E-state index is -0.641. The molecular weight excluding hydrogens is 386 g/mol. The molecule has 0 saturated carbocycles. The number of halogens is 2. The van der Waals surface area contributed by atoms with Crippen LogP contribution in [0.25, 0.3) is 32.9 Å². The lowest BCUT2D eigenvalue weighted by atomic mass is 10.0. The lowest BCUT2D eigenvalue weighted by molar-refractivity contribution is 0.550. The monoisotopic (exact) mass is 402 g/mol. The fraction of sp³-hybridized carbons (Fsp3) is 0.167. The molecule has 3 heterocycles. The molecule has 1 aliphatic carbocycles. The third-order valence-electron chi connectivity index (χ3n) is 6.04. The topological polar surface area (TPSA) is 48.0 Å². The van der Waals surface area contributed by atoms with E-state index in [1.54, 1.807) is 16.8 Å². The van der Waals surface area contributed by atoms with Gasteiger partial charge in [-0.1, -0.05) is 6.07 Å². The van der Waals surface area contributed by atoms with Gasteiger partial charge in [-0.25, -0.2) is 18.6 Å². The van der Waals surface area contributed by atoms with E-state index in [-0.39, 0.29) is 12.3 Å². The second-order valence-corrected chi connectivity index (χ2v) is 7.78. The van der Waals surface area contributed by atoms with Crippen molar-refractivity contribution in [2.24, 2.45) is 0 Å². The van der Waals surface area contributed by atoms with Crippen LogP contribution >= 0.6 is 0 Å². The van der Waals surface area contributed by atoms with E-state index in [4.69, 9.17) is 4.42 Å². The molecule has 30 heavy (non-hydrogen) atoms. The normalized spacial score (nSPS) is 13.5. The summed E-state index contributed by atoms with van der Waals surface area (Å²) in [5.74, 6) is -1.27. The molecule has 1 aliphatic rings. The number of benzene rings is 2. The smallest absolute Gasteiger partial charge is 0.362 e. The van der Waals surface area contributed by atoms with Crippen LogP contribution in [0.1, 0.15) is 23.1 Å². The summed E-state index contributed by atoms with van der Waals surface area (Å²) in [5.41, 5.74) is 3.81. The van der Waals surface area contributed by atoms with Gasteiger partial charge in [0, 0.05) is 39.5 Å². The molecule has 0 N–H and O–H groups in total. The summed E-state index contributed by atoms with van der Waals surface area (Å²) in [4.78, 5) is 17.2. The number of aryl methyl sites for hydroxylation is 2. The zero-order valence-electron chi connectivity index (χ0n) is 15.9. The highest BCUT2D eigenvalue weighted by Crippen LogP contribution is 2.36. The summed E-state index contributed by atoms with van der Waals surface area (Å²) >= 11 is 0. The number of rotatable bonds is 2. The van der Waals surface area contributed by atoms with Crippen molar-refractivity contribution in [1.82, 2.24) is 9.55 Å². The quantitative estimate of drug-likeness (QED) is 0.412. The first-order chi connectivity index (χ1) is 14.6. The van der Waals surface area contributed by atoms with Gasteiger partial charge in [0.2, 0.25) is 5.71 Å². The van der Waals surface area contributed by atoms with Crippen LogP contribution in [0.5, 0.6) is 0 Å². The highest BCUT2D eigenvalue weighted by Gasteiger charge is 2.22. The SMILES string of the molecule is O=c1oc2ncccc2c2c3cc4c(cc3n(Cc3ccc(F)cc3F)c12)CCC4. The molecule has 3 aromatic heterocycles. The Labute approximate surface area is 169 Å². The fourth-order valence-electron chi connectivity index (χ4n) is 4.69. The molecule has 0 spiro atoms. The van der Waals surface area contributed by atoms with Gasteiger partial charge in [-0.2, -0.15) is 0 Å². The highest BCUT2D eigenvalue weighted by atomic mass is 19.1. The van der Waals surface area contributed by atoms with E-state index in [2.05, 4.69) is 17.1 Å². The fourth-order valence-corrected chi connectivity index (χ4v) is 4.69. The van der Waals surface area contributed by atoms with Gasteiger partial charge in [-0.3, -0.25) is 0 Å². The summed E-state index contributed by atoms with van der Waals surface area (Å²) < 4.78 is 35.1. The van der Waals surface area contributed by atoms with Gasteiger partial charge >= 0.3 is 5.63 Å².